The summed E-state index contributed by atoms with van der Waals surface area (Å²) < 4.78 is 16.6. The minimum Gasteiger partial charge on any atom is -0.489 e. The predicted molar refractivity (Wildman–Crippen MR) is 119 cm³/mol. The van der Waals surface area contributed by atoms with E-state index in [9.17, 15) is 4.79 Å². The third-order valence-corrected chi connectivity index (χ3v) is 6.24. The van der Waals surface area contributed by atoms with Gasteiger partial charge in [0.15, 0.2) is 0 Å². The number of morpholine rings is 1. The Bertz CT molecular complexity index is 822. The van der Waals surface area contributed by atoms with E-state index in [2.05, 4.69) is 29.2 Å². The molecule has 1 fully saturated rings. The van der Waals surface area contributed by atoms with E-state index in [0.717, 1.165) is 56.2 Å². The molecule has 1 aliphatic rings. The molecule has 0 aliphatic carbocycles. The lowest BCUT2D eigenvalue weighted by molar-refractivity contribution is 0.00191. The minimum atomic E-state index is -0.0768. The summed E-state index contributed by atoms with van der Waals surface area (Å²) in [5.74, 6) is 1.87. The van der Waals surface area contributed by atoms with Gasteiger partial charge in [-0.3, -0.25) is 9.69 Å². The molecule has 7 nitrogen and oxygen atoms in total. The van der Waals surface area contributed by atoms with Crippen LogP contribution in [0.4, 0.5) is 0 Å². The first kappa shape index (κ1) is 23.3. The van der Waals surface area contributed by atoms with Crippen LogP contribution in [0.2, 0.25) is 0 Å². The summed E-state index contributed by atoms with van der Waals surface area (Å²) in [6, 6.07) is 7.63. The monoisotopic (exact) mass is 429 g/mol. The molecule has 3 rings (SSSR count). The molecule has 1 amide bonds. The van der Waals surface area contributed by atoms with Crippen LogP contribution in [-0.4, -0.2) is 54.9 Å². The number of amides is 1. The smallest absolute Gasteiger partial charge is 0.251 e. The van der Waals surface area contributed by atoms with Crippen molar-refractivity contribution < 1.29 is 18.8 Å². The number of ether oxygens (including phenoxy) is 2. The van der Waals surface area contributed by atoms with Crippen LogP contribution in [-0.2, 0) is 11.3 Å². The van der Waals surface area contributed by atoms with Crippen LogP contribution in [0.3, 0.4) is 0 Å². The second kappa shape index (κ2) is 11.3. The third kappa shape index (κ3) is 6.08. The largest absolute Gasteiger partial charge is 0.489 e. The highest BCUT2D eigenvalue weighted by Gasteiger charge is 2.27. The van der Waals surface area contributed by atoms with E-state index in [1.165, 1.54) is 0 Å². The third-order valence-electron chi connectivity index (χ3n) is 6.24. The van der Waals surface area contributed by atoms with Crippen LogP contribution < -0.4 is 10.1 Å². The first-order chi connectivity index (χ1) is 15.0. The second-order valence-corrected chi connectivity index (χ2v) is 8.12. The average molecular weight is 430 g/mol. The maximum atomic E-state index is 12.9. The van der Waals surface area contributed by atoms with Crippen molar-refractivity contribution in [3.63, 3.8) is 0 Å². The SMILES string of the molecule is CCC(CC)C(CNC(=O)c1cccc(OCc2c(C)noc2C)c1)N1CCOCC1. The molecule has 1 unspecified atom stereocenters. The minimum absolute atomic E-state index is 0.0768. The zero-order valence-electron chi connectivity index (χ0n) is 19.1. The number of aryl methyl sites for hydroxylation is 2. The molecular weight excluding hydrogens is 394 g/mol. The van der Waals surface area contributed by atoms with Gasteiger partial charge in [-0.2, -0.15) is 0 Å². The van der Waals surface area contributed by atoms with Crippen LogP contribution in [0.5, 0.6) is 5.75 Å². The van der Waals surface area contributed by atoms with Gasteiger partial charge in [0.25, 0.3) is 5.91 Å². The molecule has 1 aromatic heterocycles. The molecule has 1 atom stereocenters. The summed E-state index contributed by atoms with van der Waals surface area (Å²) in [4.78, 5) is 15.4. The highest BCUT2D eigenvalue weighted by molar-refractivity contribution is 5.94. The van der Waals surface area contributed by atoms with Crippen molar-refractivity contribution in [3.8, 4) is 5.75 Å². The molecule has 31 heavy (non-hydrogen) atoms. The van der Waals surface area contributed by atoms with Crippen molar-refractivity contribution in [2.75, 3.05) is 32.8 Å². The Labute approximate surface area is 185 Å². The summed E-state index contributed by atoms with van der Waals surface area (Å²) in [7, 11) is 0. The molecule has 1 aromatic carbocycles. The Morgan fingerprint density at radius 1 is 1.23 bits per heavy atom. The molecular formula is C24H35N3O4. The fourth-order valence-corrected chi connectivity index (χ4v) is 4.23. The normalized spacial score (nSPS) is 15.8. The van der Waals surface area contributed by atoms with Crippen LogP contribution in [0.1, 0.15) is 54.1 Å². The summed E-state index contributed by atoms with van der Waals surface area (Å²) in [5.41, 5.74) is 2.36. The Balaban J connectivity index is 1.61. The van der Waals surface area contributed by atoms with Crippen LogP contribution in [0, 0.1) is 19.8 Å². The number of benzene rings is 1. The van der Waals surface area contributed by atoms with E-state index in [-0.39, 0.29) is 5.91 Å². The summed E-state index contributed by atoms with van der Waals surface area (Å²) in [6.07, 6.45) is 2.19. The Morgan fingerprint density at radius 3 is 2.61 bits per heavy atom. The van der Waals surface area contributed by atoms with Gasteiger partial charge in [-0.15, -0.1) is 0 Å². The van der Waals surface area contributed by atoms with Crippen molar-refractivity contribution in [1.82, 2.24) is 15.4 Å². The predicted octanol–water partition coefficient (Wildman–Crippen LogP) is 3.74. The lowest BCUT2D eigenvalue weighted by Gasteiger charge is -2.38. The number of carbonyl (C=O) groups is 1. The number of aromatic nitrogens is 1. The van der Waals surface area contributed by atoms with Gasteiger partial charge in [-0.1, -0.05) is 37.9 Å². The molecule has 1 saturated heterocycles. The van der Waals surface area contributed by atoms with E-state index >= 15 is 0 Å². The van der Waals surface area contributed by atoms with E-state index in [1.54, 1.807) is 6.07 Å². The van der Waals surface area contributed by atoms with Gasteiger partial charge in [0.1, 0.15) is 18.1 Å². The quantitative estimate of drug-likeness (QED) is 0.620. The van der Waals surface area contributed by atoms with Crippen molar-refractivity contribution in [1.29, 1.82) is 0 Å². The topological polar surface area (TPSA) is 76.8 Å². The Hall–Kier alpha value is -2.38. The number of hydrogen-bond donors (Lipinski definition) is 1. The molecule has 0 radical (unpaired) electrons. The summed E-state index contributed by atoms with van der Waals surface area (Å²) in [5, 5.41) is 7.11. The highest BCUT2D eigenvalue weighted by Crippen LogP contribution is 2.21. The first-order valence-electron chi connectivity index (χ1n) is 11.3. The molecule has 2 heterocycles. The van der Waals surface area contributed by atoms with Crippen molar-refractivity contribution >= 4 is 5.91 Å². The number of rotatable bonds is 10. The van der Waals surface area contributed by atoms with Crippen molar-refractivity contribution in [2.45, 2.75) is 53.2 Å². The van der Waals surface area contributed by atoms with Gasteiger partial charge in [0.05, 0.1) is 24.5 Å². The maximum absolute atomic E-state index is 12.9. The number of nitrogens with one attached hydrogen (secondary N) is 1. The van der Waals surface area contributed by atoms with Crippen molar-refractivity contribution in [3.05, 3.63) is 46.8 Å². The average Bonchev–Trinajstić information content (AvgIpc) is 3.13. The maximum Gasteiger partial charge on any atom is 0.251 e. The lowest BCUT2D eigenvalue weighted by Crippen LogP contribution is -2.52. The van der Waals surface area contributed by atoms with Gasteiger partial charge >= 0.3 is 0 Å². The summed E-state index contributed by atoms with van der Waals surface area (Å²) in [6.45, 7) is 12.6. The van der Waals surface area contributed by atoms with Gasteiger partial charge < -0.3 is 19.3 Å². The van der Waals surface area contributed by atoms with Crippen LogP contribution >= 0.6 is 0 Å². The van der Waals surface area contributed by atoms with E-state index in [1.807, 2.05) is 32.0 Å². The van der Waals surface area contributed by atoms with E-state index < -0.39 is 0 Å². The number of carbonyl (C=O) groups excluding carboxylic acids is 1. The first-order valence-corrected chi connectivity index (χ1v) is 11.3. The Kier molecular flexibility index (Phi) is 8.49. The van der Waals surface area contributed by atoms with Gasteiger partial charge in [0, 0.05) is 31.2 Å². The Morgan fingerprint density at radius 2 is 1.97 bits per heavy atom. The second-order valence-electron chi connectivity index (χ2n) is 8.12. The van der Waals surface area contributed by atoms with E-state index in [0.29, 0.717) is 36.4 Å². The molecule has 1 aliphatic heterocycles. The molecule has 0 bridgehead atoms. The molecule has 1 N–H and O–H groups in total. The fraction of sp³-hybridized carbons (Fsp3) is 0.583. The zero-order valence-corrected chi connectivity index (χ0v) is 19.1. The number of nitrogens with zero attached hydrogens (tertiary/aromatic N) is 2. The molecule has 170 valence electrons. The zero-order chi connectivity index (χ0) is 22.2. The number of hydrogen-bond acceptors (Lipinski definition) is 6. The molecule has 0 saturated carbocycles. The standard InChI is InChI=1S/C24H35N3O4/c1-5-19(6-2)23(27-10-12-29-13-11-27)15-25-24(28)20-8-7-9-21(14-20)30-16-22-17(3)26-31-18(22)4/h7-9,14,19,23H,5-6,10-13,15-16H2,1-4H3,(H,25,28). The van der Waals surface area contributed by atoms with Crippen molar-refractivity contribution in [2.24, 2.45) is 5.92 Å². The molecule has 0 spiro atoms. The van der Waals surface area contributed by atoms with Crippen LogP contribution in [0.15, 0.2) is 28.8 Å². The van der Waals surface area contributed by atoms with Gasteiger partial charge in [-0.05, 0) is 38.0 Å². The van der Waals surface area contributed by atoms with Crippen LogP contribution in [0.25, 0.3) is 0 Å². The fourth-order valence-electron chi connectivity index (χ4n) is 4.23. The van der Waals surface area contributed by atoms with Gasteiger partial charge in [0.2, 0.25) is 0 Å². The summed E-state index contributed by atoms with van der Waals surface area (Å²) >= 11 is 0. The van der Waals surface area contributed by atoms with E-state index in [4.69, 9.17) is 14.0 Å². The lowest BCUT2D eigenvalue weighted by atomic mass is 9.92. The molecule has 2 aromatic rings. The van der Waals surface area contributed by atoms with Gasteiger partial charge in [-0.25, -0.2) is 0 Å². The molecule has 7 heteroatoms. The highest BCUT2D eigenvalue weighted by atomic mass is 16.5.